The zero-order valence-electron chi connectivity index (χ0n) is 8.62. The van der Waals surface area contributed by atoms with Crippen molar-refractivity contribution < 1.29 is 4.79 Å². The second-order valence-electron chi connectivity index (χ2n) is 1.26. The van der Waals surface area contributed by atoms with Crippen LogP contribution in [-0.4, -0.2) is 36.6 Å². The van der Waals surface area contributed by atoms with Crippen molar-refractivity contribution in [3.8, 4) is 0 Å². The van der Waals surface area contributed by atoms with Gasteiger partial charge in [-0.3, -0.25) is 9.89 Å². The molecular weight excluding hydrogens is 206 g/mol. The molecule has 6 nitrogen and oxygen atoms in total. The summed E-state index contributed by atoms with van der Waals surface area (Å²) in [6.07, 6.45) is 2.81. The van der Waals surface area contributed by atoms with E-state index in [0.29, 0.717) is 5.56 Å². The average molecular weight is 224 g/mol. The zero-order chi connectivity index (χ0) is 12.0. The number of aromatic amines is 1. The lowest BCUT2D eigenvalue weighted by Gasteiger charge is -1.74. The highest BCUT2D eigenvalue weighted by atomic mass is 35.5. The molecular formula is C7H18ClN5O. The summed E-state index contributed by atoms with van der Waals surface area (Å²) in [5.74, 6) is 0. The Bertz CT molecular complexity index is 190. The van der Waals surface area contributed by atoms with Crippen molar-refractivity contribution in [2.75, 3.05) is 21.1 Å². The topological polar surface area (TPSA) is 124 Å². The summed E-state index contributed by atoms with van der Waals surface area (Å²) < 4.78 is 0. The van der Waals surface area contributed by atoms with Crippen LogP contribution in [0.3, 0.4) is 0 Å². The minimum atomic E-state index is -0.487. The van der Waals surface area contributed by atoms with Crippen molar-refractivity contribution in [2.45, 2.75) is 0 Å². The third-order valence-electron chi connectivity index (χ3n) is 0.725. The van der Waals surface area contributed by atoms with Gasteiger partial charge in [-0.2, -0.15) is 5.10 Å². The van der Waals surface area contributed by atoms with Crippen molar-refractivity contribution in [1.82, 2.24) is 10.2 Å². The Morgan fingerprint density at radius 2 is 1.71 bits per heavy atom. The fourth-order valence-corrected chi connectivity index (χ4v) is 0.462. The van der Waals surface area contributed by atoms with Crippen molar-refractivity contribution >= 4 is 16.8 Å². The largest absolute Gasteiger partial charge is 0.333 e. The average Bonchev–Trinajstić information content (AvgIpc) is 2.80. The molecule has 0 saturated heterocycles. The van der Waals surface area contributed by atoms with Crippen LogP contribution in [0.15, 0.2) is 12.4 Å². The molecule has 0 bridgehead atoms. The van der Waals surface area contributed by atoms with Gasteiger partial charge in [-0.1, -0.05) is 0 Å². The first-order valence-corrected chi connectivity index (χ1v) is 4.10. The highest BCUT2D eigenvalue weighted by Crippen LogP contribution is 1.97. The van der Waals surface area contributed by atoms with Gasteiger partial charge < -0.3 is 17.2 Å². The highest BCUT2D eigenvalue weighted by molar-refractivity contribution is 6.67. The van der Waals surface area contributed by atoms with Gasteiger partial charge in [0.25, 0.3) is 5.24 Å². The Balaban J connectivity index is -0.000000174. The molecule has 0 fully saturated rings. The minimum Gasteiger partial charge on any atom is -0.333 e. The number of nitrogens with zero attached hydrogens (tertiary/aromatic N) is 1. The third-order valence-corrected chi connectivity index (χ3v) is 0.943. The third kappa shape index (κ3) is 11.1. The van der Waals surface area contributed by atoms with Crippen LogP contribution in [0.25, 0.3) is 0 Å². The van der Waals surface area contributed by atoms with Crippen molar-refractivity contribution in [1.29, 1.82) is 0 Å². The summed E-state index contributed by atoms with van der Waals surface area (Å²) in [6.45, 7) is 0. The molecule has 0 unspecified atom stereocenters. The standard InChI is InChI=1S/C4H3ClN2O.3CH5N/c5-4(8)3-1-6-7-2-3;3*1-2/h1-2H,(H,6,7);3*2H2,1H3. The van der Waals surface area contributed by atoms with Crippen molar-refractivity contribution in [3.63, 3.8) is 0 Å². The normalized spacial score (nSPS) is 6.50. The number of aromatic nitrogens is 2. The van der Waals surface area contributed by atoms with E-state index in [-0.39, 0.29) is 0 Å². The lowest BCUT2D eigenvalue weighted by atomic mass is 10.4. The maximum Gasteiger partial charge on any atom is 0.255 e. The Kier molecular flexibility index (Phi) is 24.1. The molecule has 1 aromatic rings. The van der Waals surface area contributed by atoms with Crippen LogP contribution in [0, 0.1) is 0 Å². The first kappa shape index (κ1) is 18.8. The predicted octanol–water partition coefficient (Wildman–Crippen LogP) is -0.487. The van der Waals surface area contributed by atoms with Crippen LogP contribution >= 0.6 is 11.6 Å². The number of halogens is 1. The van der Waals surface area contributed by atoms with Crippen LogP contribution < -0.4 is 17.2 Å². The fourth-order valence-electron chi connectivity index (χ4n) is 0.358. The van der Waals surface area contributed by atoms with E-state index in [4.69, 9.17) is 11.6 Å². The maximum atomic E-state index is 10.2. The van der Waals surface area contributed by atoms with Gasteiger partial charge in [-0.25, -0.2) is 0 Å². The fraction of sp³-hybridized carbons (Fsp3) is 0.429. The second kappa shape index (κ2) is 18.0. The Hall–Kier alpha value is -0.950. The van der Waals surface area contributed by atoms with E-state index in [0.717, 1.165) is 0 Å². The molecule has 0 aromatic carbocycles. The van der Waals surface area contributed by atoms with Gasteiger partial charge in [0.2, 0.25) is 0 Å². The summed E-state index contributed by atoms with van der Waals surface area (Å²) in [5, 5.41) is 5.48. The minimum absolute atomic E-state index is 0.395. The molecule has 0 spiro atoms. The molecule has 1 rings (SSSR count). The Morgan fingerprint density at radius 1 is 1.29 bits per heavy atom. The first-order valence-electron chi connectivity index (χ1n) is 3.72. The maximum absolute atomic E-state index is 10.2. The molecule has 0 aliphatic heterocycles. The van der Waals surface area contributed by atoms with Crippen LogP contribution in [-0.2, 0) is 0 Å². The van der Waals surface area contributed by atoms with Gasteiger partial charge in [0, 0.05) is 6.20 Å². The van der Waals surface area contributed by atoms with Gasteiger partial charge in [-0.15, -0.1) is 0 Å². The van der Waals surface area contributed by atoms with Gasteiger partial charge in [0.1, 0.15) is 0 Å². The Labute approximate surface area is 88.8 Å². The number of rotatable bonds is 1. The van der Waals surface area contributed by atoms with Crippen LogP contribution in [0.4, 0.5) is 0 Å². The quantitative estimate of drug-likeness (QED) is 0.479. The SMILES string of the molecule is CN.CN.CN.O=C(Cl)c1cn[nH]c1. The van der Waals surface area contributed by atoms with Crippen molar-refractivity contribution in [2.24, 2.45) is 17.2 Å². The second-order valence-corrected chi connectivity index (χ2v) is 1.60. The van der Waals surface area contributed by atoms with Crippen LogP contribution in [0.1, 0.15) is 10.4 Å². The van der Waals surface area contributed by atoms with E-state index in [1.807, 2.05) is 0 Å². The summed E-state index contributed by atoms with van der Waals surface area (Å²) in [6, 6.07) is 0. The molecule has 7 N–H and O–H groups in total. The molecule has 0 aliphatic rings. The summed E-state index contributed by atoms with van der Waals surface area (Å²) in [7, 11) is 4.50. The first-order chi connectivity index (χ1) is 6.80. The number of carbonyl (C=O) groups is 1. The molecule has 84 valence electrons. The molecule has 0 amide bonds. The number of nitrogens with two attached hydrogens (primary N) is 3. The van der Waals surface area contributed by atoms with E-state index in [9.17, 15) is 4.79 Å². The number of hydrogen-bond acceptors (Lipinski definition) is 5. The molecule has 0 saturated carbocycles. The van der Waals surface area contributed by atoms with Gasteiger partial charge in [-0.05, 0) is 32.7 Å². The van der Waals surface area contributed by atoms with E-state index in [2.05, 4.69) is 27.4 Å². The number of carbonyl (C=O) groups excluding carboxylic acids is 1. The lowest BCUT2D eigenvalue weighted by Crippen LogP contribution is -1.81. The van der Waals surface area contributed by atoms with Crippen LogP contribution in [0.5, 0.6) is 0 Å². The van der Waals surface area contributed by atoms with E-state index >= 15 is 0 Å². The molecule has 7 heteroatoms. The van der Waals surface area contributed by atoms with Gasteiger partial charge in [0.15, 0.2) is 0 Å². The molecule has 14 heavy (non-hydrogen) atoms. The number of H-pyrrole nitrogens is 1. The monoisotopic (exact) mass is 223 g/mol. The number of hydrogen-bond donors (Lipinski definition) is 4. The number of nitrogens with one attached hydrogen (secondary N) is 1. The smallest absolute Gasteiger partial charge is 0.255 e. The Morgan fingerprint density at radius 3 is 1.86 bits per heavy atom. The zero-order valence-corrected chi connectivity index (χ0v) is 9.38. The summed E-state index contributed by atoms with van der Waals surface area (Å²) in [4.78, 5) is 10.2. The van der Waals surface area contributed by atoms with Gasteiger partial charge >= 0.3 is 0 Å². The van der Waals surface area contributed by atoms with E-state index in [1.54, 1.807) is 0 Å². The molecule has 0 radical (unpaired) electrons. The van der Waals surface area contributed by atoms with E-state index < -0.39 is 5.24 Å². The molecule has 0 aliphatic carbocycles. The van der Waals surface area contributed by atoms with Gasteiger partial charge in [0.05, 0.1) is 11.8 Å². The molecule has 1 aromatic heterocycles. The van der Waals surface area contributed by atoms with Crippen LogP contribution in [0.2, 0.25) is 0 Å². The van der Waals surface area contributed by atoms with Crippen molar-refractivity contribution in [3.05, 3.63) is 18.0 Å². The molecule has 0 atom stereocenters. The lowest BCUT2D eigenvalue weighted by molar-refractivity contribution is 0.108. The highest BCUT2D eigenvalue weighted by Gasteiger charge is 1.98. The summed E-state index contributed by atoms with van der Waals surface area (Å²) >= 11 is 5.05. The predicted molar refractivity (Wildman–Crippen MR) is 59.1 cm³/mol. The van der Waals surface area contributed by atoms with E-state index in [1.165, 1.54) is 33.5 Å². The summed E-state index contributed by atoms with van der Waals surface area (Å²) in [5.41, 5.74) is 13.9. The molecule has 1 heterocycles.